The molecule has 0 radical (unpaired) electrons. The van der Waals surface area contributed by atoms with Gasteiger partial charge in [-0.3, -0.25) is 28.8 Å². The Bertz CT molecular complexity index is 1730. The van der Waals surface area contributed by atoms with Crippen LogP contribution in [0.1, 0.15) is 49.8 Å². The molecule has 1 aromatic carbocycles. The maximum atomic E-state index is 13.7. The normalized spacial score (nSPS) is 14.9. The van der Waals surface area contributed by atoms with Crippen molar-refractivity contribution < 1.29 is 37.4 Å². The quantitative estimate of drug-likeness (QED) is 0.108. The third kappa shape index (κ3) is 13.4. The van der Waals surface area contributed by atoms with Crippen molar-refractivity contribution in [1.29, 1.82) is 5.26 Å². The number of halogens is 2. The van der Waals surface area contributed by atoms with Crippen molar-refractivity contribution in [2.45, 2.75) is 69.9 Å². The van der Waals surface area contributed by atoms with Gasteiger partial charge in [0.25, 0.3) is 5.92 Å². The number of unbranched alkanes of at least 4 members (excludes halogenated alkanes) is 1. The number of pyridine rings is 1. The highest BCUT2D eigenvalue weighted by atomic mass is 19.3. The third-order valence-corrected chi connectivity index (χ3v) is 8.33. The smallest absolute Gasteiger partial charge is 0.268 e. The highest BCUT2D eigenvalue weighted by Gasteiger charge is 2.47. The molecule has 4 rings (SSSR count). The lowest BCUT2D eigenvalue weighted by molar-refractivity contribution is -0.133. The first-order valence-electron chi connectivity index (χ1n) is 17.6. The van der Waals surface area contributed by atoms with Crippen molar-refractivity contribution in [1.82, 2.24) is 35.5 Å². The Labute approximate surface area is 305 Å². The number of anilines is 1. The molecule has 53 heavy (non-hydrogen) atoms. The van der Waals surface area contributed by atoms with Crippen LogP contribution in [0.5, 0.6) is 0 Å². The van der Waals surface area contributed by atoms with Gasteiger partial charge in [-0.15, -0.1) is 5.10 Å². The summed E-state index contributed by atoms with van der Waals surface area (Å²) in [5.74, 6) is -4.68. The number of likely N-dealkylation sites (tertiary alicyclic amines) is 1. The van der Waals surface area contributed by atoms with Gasteiger partial charge >= 0.3 is 0 Å². The largest absolute Gasteiger partial charge is 0.378 e. The fraction of sp³-hybridized carbons (Fsp3) is 0.543. The van der Waals surface area contributed by atoms with Crippen LogP contribution in [0, 0.1) is 11.3 Å². The second-order valence-corrected chi connectivity index (χ2v) is 12.5. The van der Waals surface area contributed by atoms with Crippen LogP contribution in [-0.4, -0.2) is 113 Å². The molecule has 1 aliphatic rings. The number of alkyl halides is 2. The number of para-hydroxylation sites is 1. The first-order valence-corrected chi connectivity index (χ1v) is 17.6. The number of carbonyl (C=O) groups is 4. The minimum Gasteiger partial charge on any atom is -0.378 e. The summed E-state index contributed by atoms with van der Waals surface area (Å²) >= 11 is 0. The number of ether oxygens (including phenoxy) is 2. The molecule has 16 nitrogen and oxygen atoms in total. The molecule has 1 aliphatic heterocycles. The minimum absolute atomic E-state index is 0.0350. The summed E-state index contributed by atoms with van der Waals surface area (Å²) in [7, 11) is 0. The van der Waals surface area contributed by atoms with Crippen molar-refractivity contribution in [3.63, 3.8) is 0 Å². The van der Waals surface area contributed by atoms with E-state index in [1.807, 2.05) is 6.20 Å². The van der Waals surface area contributed by atoms with Crippen LogP contribution in [0.25, 0.3) is 10.9 Å². The van der Waals surface area contributed by atoms with E-state index in [0.29, 0.717) is 93.9 Å². The number of rotatable bonds is 22. The zero-order valence-electron chi connectivity index (χ0n) is 29.5. The lowest BCUT2D eigenvalue weighted by Crippen LogP contribution is -2.43. The lowest BCUT2D eigenvalue weighted by atomic mass is 10.0. The summed E-state index contributed by atoms with van der Waals surface area (Å²) in [5, 5.41) is 26.2. The predicted octanol–water partition coefficient (Wildman–Crippen LogP) is 1.48. The van der Waals surface area contributed by atoms with Gasteiger partial charge in [0.15, 0.2) is 0 Å². The zero-order chi connectivity index (χ0) is 38.1. The number of carbonyl (C=O) groups excluding carboxylic acids is 4. The molecule has 0 unspecified atom stereocenters. The van der Waals surface area contributed by atoms with E-state index in [0.717, 1.165) is 17.0 Å². The van der Waals surface area contributed by atoms with Crippen LogP contribution >= 0.6 is 0 Å². The number of amides is 4. The molecule has 1 saturated heterocycles. The van der Waals surface area contributed by atoms with Crippen LogP contribution in [-0.2, 0) is 48.0 Å². The number of nitrogens with zero attached hydrogens (tertiary/aromatic N) is 6. The van der Waals surface area contributed by atoms with Gasteiger partial charge in [0.05, 0.1) is 68.9 Å². The molecule has 3 heterocycles. The van der Waals surface area contributed by atoms with Crippen molar-refractivity contribution in [3.05, 3.63) is 47.9 Å². The van der Waals surface area contributed by atoms with Gasteiger partial charge in [0.2, 0.25) is 23.6 Å². The standard InChI is InChI=1S/C35H46F2N10O6/c36-35(37)20-27(21-39)47(24-35)33(51)22-42-32(50)19-25-10-12-41-34-28(25)6-4-7-29(34)43-31(49)9-3-5-26-23-46(45-44-26)14-2-1-8-30(48)40-13-16-53-18-17-52-15-11-38/h4,6-7,10,12,23,27H,1-3,5,8-9,11,13-20,22,24,38H2,(H,40,48)(H,42,50)(H,43,49)/t27-/m0/s1. The monoisotopic (exact) mass is 740 g/mol. The summed E-state index contributed by atoms with van der Waals surface area (Å²) < 4.78 is 39.7. The molecule has 0 saturated carbocycles. The number of aryl methyl sites for hydroxylation is 2. The van der Waals surface area contributed by atoms with E-state index in [-0.39, 0.29) is 24.7 Å². The van der Waals surface area contributed by atoms with Gasteiger partial charge in [-0.25, -0.2) is 8.78 Å². The Hall–Kier alpha value is -5.12. The first-order chi connectivity index (χ1) is 25.6. The van der Waals surface area contributed by atoms with E-state index < -0.39 is 43.3 Å². The summed E-state index contributed by atoms with van der Waals surface area (Å²) in [6, 6.07) is 7.31. The van der Waals surface area contributed by atoms with E-state index in [4.69, 9.17) is 20.5 Å². The van der Waals surface area contributed by atoms with E-state index in [1.165, 1.54) is 6.20 Å². The SMILES string of the molecule is N#C[C@@H]1CC(F)(F)CN1C(=O)CNC(=O)Cc1ccnc2c(NC(=O)CCCc3cn(CCCCC(=O)NCCOCCOCCN)nn3)cccc12. The molecule has 18 heteroatoms. The number of benzene rings is 1. The number of hydrogen-bond donors (Lipinski definition) is 4. The molecular formula is C35H46F2N10O6. The molecule has 0 bridgehead atoms. The van der Waals surface area contributed by atoms with E-state index in [2.05, 4.69) is 31.2 Å². The van der Waals surface area contributed by atoms with Gasteiger partial charge in [0.1, 0.15) is 6.04 Å². The Morgan fingerprint density at radius 1 is 1.00 bits per heavy atom. The van der Waals surface area contributed by atoms with Crippen LogP contribution in [0.15, 0.2) is 36.7 Å². The maximum Gasteiger partial charge on any atom is 0.268 e. The fourth-order valence-corrected chi connectivity index (χ4v) is 5.71. The van der Waals surface area contributed by atoms with Gasteiger partial charge < -0.3 is 36.1 Å². The minimum atomic E-state index is -3.15. The number of hydrogen-bond acceptors (Lipinski definition) is 11. The van der Waals surface area contributed by atoms with E-state index >= 15 is 0 Å². The lowest BCUT2D eigenvalue weighted by Gasteiger charge is -2.19. The number of nitrogens with one attached hydrogen (secondary N) is 3. The highest BCUT2D eigenvalue weighted by Crippen LogP contribution is 2.31. The topological polar surface area (TPSA) is 219 Å². The van der Waals surface area contributed by atoms with Crippen LogP contribution < -0.4 is 21.7 Å². The molecule has 4 amide bonds. The molecule has 286 valence electrons. The van der Waals surface area contributed by atoms with Crippen LogP contribution in [0.4, 0.5) is 14.5 Å². The van der Waals surface area contributed by atoms with Crippen molar-refractivity contribution >= 4 is 40.2 Å². The number of fused-ring (bicyclic) bond motifs is 1. The second-order valence-electron chi connectivity index (χ2n) is 12.5. The van der Waals surface area contributed by atoms with Crippen molar-refractivity contribution in [3.8, 4) is 6.07 Å². The molecule has 1 atom stereocenters. The van der Waals surface area contributed by atoms with Gasteiger partial charge in [-0.05, 0) is 43.4 Å². The van der Waals surface area contributed by atoms with Crippen LogP contribution in [0.2, 0.25) is 0 Å². The van der Waals surface area contributed by atoms with Crippen molar-refractivity contribution in [2.24, 2.45) is 5.73 Å². The summed E-state index contributed by atoms with van der Waals surface area (Å²) in [6.45, 7) is 2.00. The third-order valence-electron chi connectivity index (χ3n) is 8.33. The molecule has 1 fully saturated rings. The number of nitriles is 1. The highest BCUT2D eigenvalue weighted by molar-refractivity contribution is 6.02. The molecule has 3 aromatic rings. The average molecular weight is 741 g/mol. The fourth-order valence-electron chi connectivity index (χ4n) is 5.71. The molecule has 2 aromatic heterocycles. The van der Waals surface area contributed by atoms with Crippen LogP contribution in [0.3, 0.4) is 0 Å². The van der Waals surface area contributed by atoms with Gasteiger partial charge in [0, 0.05) is 56.7 Å². The zero-order valence-corrected chi connectivity index (χ0v) is 29.5. The summed E-state index contributed by atoms with van der Waals surface area (Å²) in [6.07, 6.45) is 5.64. The van der Waals surface area contributed by atoms with Crippen molar-refractivity contribution in [2.75, 3.05) is 57.9 Å². The molecular weight excluding hydrogens is 694 g/mol. The van der Waals surface area contributed by atoms with E-state index in [1.54, 1.807) is 35.0 Å². The first kappa shape index (κ1) is 40.6. The summed E-state index contributed by atoms with van der Waals surface area (Å²) in [4.78, 5) is 55.2. The van der Waals surface area contributed by atoms with E-state index in [9.17, 15) is 28.0 Å². The maximum absolute atomic E-state index is 13.7. The Balaban J connectivity index is 1.14. The predicted molar refractivity (Wildman–Crippen MR) is 188 cm³/mol. The average Bonchev–Trinajstić information content (AvgIpc) is 3.73. The summed E-state index contributed by atoms with van der Waals surface area (Å²) in [5.41, 5.74) is 7.64. The number of nitrogens with two attached hydrogens (primary N) is 1. The molecule has 5 N–H and O–H groups in total. The second kappa shape index (κ2) is 20.8. The number of aromatic nitrogens is 4. The molecule has 0 spiro atoms. The van der Waals surface area contributed by atoms with Gasteiger partial charge in [-0.1, -0.05) is 17.3 Å². The Kier molecular flexibility index (Phi) is 16.0. The Morgan fingerprint density at radius 3 is 2.58 bits per heavy atom. The Morgan fingerprint density at radius 2 is 1.79 bits per heavy atom. The molecule has 0 aliphatic carbocycles. The van der Waals surface area contributed by atoms with Gasteiger partial charge in [-0.2, -0.15) is 5.26 Å².